The number of carbonyl (C=O) groups is 1. The van der Waals surface area contributed by atoms with E-state index in [2.05, 4.69) is 16.5 Å². The molecule has 0 spiro atoms. The molecule has 0 aliphatic heterocycles. The molecule has 0 saturated carbocycles. The highest BCUT2D eigenvalue weighted by atomic mass is 35.5. The van der Waals surface area contributed by atoms with Gasteiger partial charge in [-0.1, -0.05) is 35.5 Å². The van der Waals surface area contributed by atoms with Crippen molar-refractivity contribution in [2.75, 3.05) is 5.32 Å². The lowest BCUT2D eigenvalue weighted by molar-refractivity contribution is -0.115. The highest BCUT2D eigenvalue weighted by molar-refractivity contribution is 8.00. The molecule has 3 aromatic rings. The Bertz CT molecular complexity index is 1110. The zero-order valence-electron chi connectivity index (χ0n) is 16.7. The number of anilines is 1. The number of rotatable bonds is 5. The monoisotopic (exact) mass is 427 g/mol. The number of benzene rings is 2. The van der Waals surface area contributed by atoms with Gasteiger partial charge in [-0.3, -0.25) is 9.59 Å². The van der Waals surface area contributed by atoms with Crippen LogP contribution in [0.2, 0.25) is 5.02 Å². The van der Waals surface area contributed by atoms with Crippen molar-refractivity contribution in [2.24, 2.45) is 0 Å². The fraction of sp³-hybridized carbons (Fsp3) is 0.227. The van der Waals surface area contributed by atoms with Crippen LogP contribution in [0.3, 0.4) is 0 Å². The third-order valence-corrected chi connectivity index (χ3v) is 5.77. The van der Waals surface area contributed by atoms with E-state index in [1.54, 1.807) is 18.2 Å². The molecular weight excluding hydrogens is 406 g/mol. The largest absolute Gasteiger partial charge is 0.325 e. The van der Waals surface area contributed by atoms with Crippen LogP contribution in [-0.4, -0.2) is 20.9 Å². The van der Waals surface area contributed by atoms with E-state index in [0.29, 0.717) is 15.7 Å². The molecule has 1 atom stereocenters. The van der Waals surface area contributed by atoms with Crippen molar-refractivity contribution < 1.29 is 4.79 Å². The standard InChI is InChI=1S/C22H22ClN3O2S/c1-13-9-14(2)11-17(10-13)24-22(28)16(4)29-20-7-8-21(27)26(25-20)18-6-5-15(3)19(23)12-18/h5-12,16H,1-4H3,(H,24,28). The molecule has 1 unspecified atom stereocenters. The number of nitrogens with zero attached hydrogens (tertiary/aromatic N) is 2. The fourth-order valence-corrected chi connectivity index (χ4v) is 3.86. The third kappa shape index (κ3) is 5.28. The molecule has 7 heteroatoms. The first kappa shape index (κ1) is 21.1. The van der Waals surface area contributed by atoms with Crippen LogP contribution in [0.15, 0.2) is 58.4 Å². The van der Waals surface area contributed by atoms with Crippen molar-refractivity contribution >= 4 is 35.0 Å². The first-order valence-corrected chi connectivity index (χ1v) is 10.4. The number of amides is 1. The van der Waals surface area contributed by atoms with Crippen molar-refractivity contribution in [3.05, 3.63) is 80.6 Å². The molecule has 1 heterocycles. The van der Waals surface area contributed by atoms with Gasteiger partial charge in [0.15, 0.2) is 0 Å². The molecule has 0 aliphatic carbocycles. The molecule has 0 fully saturated rings. The minimum atomic E-state index is -0.393. The van der Waals surface area contributed by atoms with Crippen LogP contribution in [0.5, 0.6) is 0 Å². The Morgan fingerprint density at radius 3 is 2.41 bits per heavy atom. The van der Waals surface area contributed by atoms with E-state index in [9.17, 15) is 9.59 Å². The summed E-state index contributed by atoms with van der Waals surface area (Å²) in [6, 6.07) is 14.3. The second-order valence-electron chi connectivity index (χ2n) is 6.98. The van der Waals surface area contributed by atoms with Gasteiger partial charge < -0.3 is 5.32 Å². The Morgan fingerprint density at radius 2 is 1.76 bits per heavy atom. The van der Waals surface area contributed by atoms with Crippen molar-refractivity contribution in [1.29, 1.82) is 0 Å². The minimum Gasteiger partial charge on any atom is -0.325 e. The van der Waals surface area contributed by atoms with Crippen molar-refractivity contribution in [1.82, 2.24) is 9.78 Å². The quantitative estimate of drug-likeness (QED) is 0.586. The number of carbonyl (C=O) groups excluding carboxylic acids is 1. The van der Waals surface area contributed by atoms with Crippen molar-refractivity contribution in [2.45, 2.75) is 38.0 Å². The van der Waals surface area contributed by atoms with E-state index in [4.69, 9.17) is 11.6 Å². The van der Waals surface area contributed by atoms with Crippen molar-refractivity contribution in [3.8, 4) is 5.69 Å². The summed E-state index contributed by atoms with van der Waals surface area (Å²) in [6.45, 7) is 7.68. The lowest BCUT2D eigenvalue weighted by Gasteiger charge is -2.13. The molecule has 1 aromatic heterocycles. The minimum absolute atomic E-state index is 0.127. The van der Waals surface area contributed by atoms with Gasteiger partial charge in [-0.05, 0) is 74.7 Å². The average molecular weight is 428 g/mol. The van der Waals surface area contributed by atoms with Crippen LogP contribution in [-0.2, 0) is 4.79 Å². The molecule has 0 radical (unpaired) electrons. The van der Waals surface area contributed by atoms with Gasteiger partial charge in [0, 0.05) is 16.8 Å². The molecule has 1 amide bonds. The van der Waals surface area contributed by atoms with Gasteiger partial charge >= 0.3 is 0 Å². The molecule has 5 nitrogen and oxygen atoms in total. The smallest absolute Gasteiger partial charge is 0.271 e. The van der Waals surface area contributed by atoms with Gasteiger partial charge in [0.25, 0.3) is 5.56 Å². The van der Waals surface area contributed by atoms with E-state index in [-0.39, 0.29) is 11.5 Å². The summed E-state index contributed by atoms with van der Waals surface area (Å²) < 4.78 is 1.29. The number of hydrogen-bond donors (Lipinski definition) is 1. The normalized spacial score (nSPS) is 11.9. The highest BCUT2D eigenvalue weighted by Crippen LogP contribution is 2.23. The molecule has 0 aliphatic rings. The second-order valence-corrected chi connectivity index (χ2v) is 8.75. The first-order chi connectivity index (χ1) is 13.7. The summed E-state index contributed by atoms with van der Waals surface area (Å²) in [5.74, 6) is -0.127. The zero-order chi connectivity index (χ0) is 21.1. The van der Waals surface area contributed by atoms with Gasteiger partial charge in [0.2, 0.25) is 5.91 Å². The molecule has 0 saturated heterocycles. The number of halogens is 1. The Morgan fingerprint density at radius 1 is 1.07 bits per heavy atom. The molecule has 0 bridgehead atoms. The predicted octanol–water partition coefficient (Wildman–Crippen LogP) is 4.93. The van der Waals surface area contributed by atoms with Crippen LogP contribution in [0.4, 0.5) is 5.69 Å². The van der Waals surface area contributed by atoms with Gasteiger partial charge in [-0.15, -0.1) is 0 Å². The lowest BCUT2D eigenvalue weighted by Crippen LogP contribution is -2.24. The maximum absolute atomic E-state index is 12.6. The van der Waals surface area contributed by atoms with Crippen LogP contribution < -0.4 is 10.9 Å². The predicted molar refractivity (Wildman–Crippen MR) is 119 cm³/mol. The van der Waals surface area contributed by atoms with E-state index >= 15 is 0 Å². The van der Waals surface area contributed by atoms with E-state index in [1.165, 1.54) is 22.5 Å². The Hall–Kier alpha value is -2.57. The molecule has 2 aromatic carbocycles. The van der Waals surface area contributed by atoms with E-state index < -0.39 is 5.25 Å². The van der Waals surface area contributed by atoms with E-state index in [1.807, 2.05) is 45.9 Å². The van der Waals surface area contributed by atoms with Crippen LogP contribution in [0.1, 0.15) is 23.6 Å². The molecule has 29 heavy (non-hydrogen) atoms. The fourth-order valence-electron chi connectivity index (χ4n) is 2.88. The third-order valence-electron chi connectivity index (χ3n) is 4.33. The first-order valence-electron chi connectivity index (χ1n) is 9.15. The molecule has 1 N–H and O–H groups in total. The number of nitrogens with one attached hydrogen (secondary N) is 1. The maximum Gasteiger partial charge on any atom is 0.271 e. The molecule has 150 valence electrons. The van der Waals surface area contributed by atoms with Crippen LogP contribution in [0, 0.1) is 20.8 Å². The maximum atomic E-state index is 12.6. The van der Waals surface area contributed by atoms with Gasteiger partial charge in [-0.25, -0.2) is 0 Å². The summed E-state index contributed by atoms with van der Waals surface area (Å²) in [5.41, 5.74) is 4.19. The van der Waals surface area contributed by atoms with Crippen LogP contribution in [0.25, 0.3) is 5.69 Å². The SMILES string of the molecule is Cc1cc(C)cc(NC(=O)C(C)Sc2ccc(=O)n(-c3ccc(C)c(Cl)c3)n2)c1. The molecule has 3 rings (SSSR count). The average Bonchev–Trinajstić information content (AvgIpc) is 2.64. The highest BCUT2D eigenvalue weighted by Gasteiger charge is 2.17. The van der Waals surface area contributed by atoms with Crippen molar-refractivity contribution in [3.63, 3.8) is 0 Å². The zero-order valence-corrected chi connectivity index (χ0v) is 18.3. The lowest BCUT2D eigenvalue weighted by atomic mass is 10.1. The second kappa shape index (κ2) is 8.84. The Labute approximate surface area is 179 Å². The summed E-state index contributed by atoms with van der Waals surface area (Å²) in [6.07, 6.45) is 0. The van der Waals surface area contributed by atoms with Gasteiger partial charge in [0.1, 0.15) is 5.03 Å². The van der Waals surface area contributed by atoms with Gasteiger partial charge in [0.05, 0.1) is 10.9 Å². The number of aryl methyl sites for hydroxylation is 3. The van der Waals surface area contributed by atoms with E-state index in [0.717, 1.165) is 22.4 Å². The van der Waals surface area contributed by atoms with Crippen LogP contribution >= 0.6 is 23.4 Å². The summed E-state index contributed by atoms with van der Waals surface area (Å²) in [7, 11) is 0. The summed E-state index contributed by atoms with van der Waals surface area (Å²) >= 11 is 7.47. The number of hydrogen-bond acceptors (Lipinski definition) is 4. The number of thioether (sulfide) groups is 1. The molecular formula is C22H22ClN3O2S. The summed E-state index contributed by atoms with van der Waals surface area (Å²) in [4.78, 5) is 24.9. The topological polar surface area (TPSA) is 64.0 Å². The Kier molecular flexibility index (Phi) is 6.45. The Balaban J connectivity index is 1.78. The number of aromatic nitrogens is 2. The summed E-state index contributed by atoms with van der Waals surface area (Å²) in [5, 5.41) is 8.09. The van der Waals surface area contributed by atoms with Gasteiger partial charge in [-0.2, -0.15) is 9.78 Å².